The number of nitrogens with one attached hydrogen (secondary N) is 1. The number of halogens is 4. The van der Waals surface area contributed by atoms with E-state index >= 15 is 0 Å². The minimum absolute atomic E-state index is 0.0503. The monoisotopic (exact) mass is 483 g/mol. The zero-order valence-corrected chi connectivity index (χ0v) is 18.9. The van der Waals surface area contributed by atoms with Gasteiger partial charge in [0, 0.05) is 38.4 Å². The van der Waals surface area contributed by atoms with Crippen molar-refractivity contribution in [2.24, 2.45) is 0 Å². The highest BCUT2D eigenvalue weighted by Gasteiger charge is 2.33. The van der Waals surface area contributed by atoms with Crippen LogP contribution in [0.15, 0.2) is 42.5 Å². The van der Waals surface area contributed by atoms with Crippen LogP contribution in [-0.4, -0.2) is 67.4 Å². The fourth-order valence-corrected chi connectivity index (χ4v) is 3.79. The number of carbonyl (C=O) groups is 2. The summed E-state index contributed by atoms with van der Waals surface area (Å²) in [6.07, 6.45) is -4.59. The number of rotatable bonds is 8. The van der Waals surface area contributed by atoms with E-state index < -0.39 is 16.8 Å². The third-order valence-corrected chi connectivity index (χ3v) is 5.65. The van der Waals surface area contributed by atoms with Gasteiger partial charge in [-0.05, 0) is 37.3 Å². The van der Waals surface area contributed by atoms with E-state index in [0.29, 0.717) is 37.6 Å². The van der Waals surface area contributed by atoms with E-state index in [2.05, 4.69) is 10.2 Å². The molecular weight excluding hydrogens is 459 g/mol. The maximum Gasteiger partial charge on any atom is 0.417 e. The van der Waals surface area contributed by atoms with Gasteiger partial charge in [0.05, 0.1) is 22.7 Å². The molecular formula is C23H25ClF3N3O3. The first-order valence-electron chi connectivity index (χ1n) is 10.5. The van der Waals surface area contributed by atoms with E-state index in [1.807, 2.05) is 11.0 Å². The number of nitrogens with zero attached hydrogens (tertiary/aromatic N) is 2. The second kappa shape index (κ2) is 11.0. The number of anilines is 1. The molecule has 6 nitrogen and oxygen atoms in total. The molecule has 10 heteroatoms. The smallest absolute Gasteiger partial charge is 0.417 e. The summed E-state index contributed by atoms with van der Waals surface area (Å²) in [6.45, 7) is 5.44. The maximum atomic E-state index is 13.0. The van der Waals surface area contributed by atoms with Gasteiger partial charge < -0.3 is 10.1 Å². The van der Waals surface area contributed by atoms with Crippen molar-refractivity contribution < 1.29 is 27.5 Å². The molecule has 0 unspecified atom stereocenters. The van der Waals surface area contributed by atoms with Crippen LogP contribution >= 0.6 is 11.6 Å². The fraction of sp³-hybridized carbons (Fsp3) is 0.391. The third kappa shape index (κ3) is 7.18. The Kier molecular flexibility index (Phi) is 8.34. The van der Waals surface area contributed by atoms with Crippen LogP contribution < -0.4 is 10.1 Å². The minimum Gasteiger partial charge on any atom is -0.491 e. The highest BCUT2D eigenvalue weighted by atomic mass is 35.5. The fourth-order valence-electron chi connectivity index (χ4n) is 3.56. The Morgan fingerprint density at radius 3 is 2.39 bits per heavy atom. The number of carbonyl (C=O) groups excluding carboxylic acids is 2. The van der Waals surface area contributed by atoms with Gasteiger partial charge in [0.1, 0.15) is 12.4 Å². The van der Waals surface area contributed by atoms with Gasteiger partial charge in [0.2, 0.25) is 5.91 Å². The number of Topliss-reactive ketones (excluding diaryl/α,β-unsaturated/α-hetero) is 1. The number of amides is 1. The second-order valence-electron chi connectivity index (χ2n) is 7.76. The van der Waals surface area contributed by atoms with Crippen LogP contribution in [0.25, 0.3) is 0 Å². The Morgan fingerprint density at radius 2 is 1.73 bits per heavy atom. The molecule has 1 aliphatic rings. The van der Waals surface area contributed by atoms with E-state index in [4.69, 9.17) is 16.3 Å². The molecule has 2 aromatic carbocycles. The molecule has 178 valence electrons. The average molecular weight is 484 g/mol. The molecule has 0 radical (unpaired) electrons. The quantitative estimate of drug-likeness (QED) is 0.570. The van der Waals surface area contributed by atoms with Gasteiger partial charge in [0.25, 0.3) is 0 Å². The number of ketones is 1. The van der Waals surface area contributed by atoms with Crippen molar-refractivity contribution >= 4 is 29.0 Å². The standard InChI is InChI=1S/C23H25ClF3N3O3/c1-16(31)18-4-2-3-5-21(18)33-13-12-29-8-10-30(11-9-29)15-22(32)28-17-6-7-20(24)19(14-17)23(25,26)27/h2-7,14H,8-13,15H2,1H3,(H,28,32). The lowest BCUT2D eigenvalue weighted by atomic mass is 10.1. The number of piperazine rings is 1. The van der Waals surface area contributed by atoms with Crippen molar-refractivity contribution in [3.05, 3.63) is 58.6 Å². The highest BCUT2D eigenvalue weighted by Crippen LogP contribution is 2.36. The molecule has 3 rings (SSSR count). The number of alkyl halides is 3. The molecule has 33 heavy (non-hydrogen) atoms. The summed E-state index contributed by atoms with van der Waals surface area (Å²) in [5.41, 5.74) is -0.376. The van der Waals surface area contributed by atoms with Gasteiger partial charge in [-0.1, -0.05) is 23.7 Å². The largest absolute Gasteiger partial charge is 0.491 e. The van der Waals surface area contributed by atoms with Crippen LogP contribution in [0, 0.1) is 0 Å². The SMILES string of the molecule is CC(=O)c1ccccc1OCCN1CCN(CC(=O)Nc2ccc(Cl)c(C(F)(F)F)c2)CC1. The summed E-state index contributed by atoms with van der Waals surface area (Å²) >= 11 is 5.61. The topological polar surface area (TPSA) is 61.9 Å². The van der Waals surface area contributed by atoms with Crippen molar-refractivity contribution in [1.82, 2.24) is 9.80 Å². The normalized spacial score (nSPS) is 15.3. The van der Waals surface area contributed by atoms with Crippen molar-refractivity contribution in [3.63, 3.8) is 0 Å². The number of hydrogen-bond acceptors (Lipinski definition) is 5. The molecule has 0 spiro atoms. The number of para-hydroxylation sites is 1. The molecule has 1 N–H and O–H groups in total. The maximum absolute atomic E-state index is 13.0. The van der Waals surface area contributed by atoms with Crippen molar-refractivity contribution in [2.75, 3.05) is 51.2 Å². The van der Waals surface area contributed by atoms with Gasteiger partial charge in [-0.3, -0.25) is 19.4 Å². The van der Waals surface area contributed by atoms with Crippen LogP contribution in [0.1, 0.15) is 22.8 Å². The van der Waals surface area contributed by atoms with E-state index in [9.17, 15) is 22.8 Å². The first kappa shape index (κ1) is 25.0. The van der Waals surface area contributed by atoms with Crippen LogP contribution in [-0.2, 0) is 11.0 Å². The van der Waals surface area contributed by atoms with E-state index in [1.54, 1.807) is 18.2 Å². The van der Waals surface area contributed by atoms with E-state index in [-0.39, 0.29) is 23.9 Å². The Morgan fingerprint density at radius 1 is 1.06 bits per heavy atom. The molecule has 0 saturated carbocycles. The number of benzene rings is 2. The van der Waals surface area contributed by atoms with Crippen LogP contribution in [0.3, 0.4) is 0 Å². The molecule has 0 aromatic heterocycles. The first-order valence-corrected chi connectivity index (χ1v) is 10.9. The molecule has 1 heterocycles. The van der Waals surface area contributed by atoms with Gasteiger partial charge in [-0.2, -0.15) is 13.2 Å². The molecule has 1 amide bonds. The lowest BCUT2D eigenvalue weighted by Crippen LogP contribution is -2.49. The minimum atomic E-state index is -4.59. The zero-order chi connectivity index (χ0) is 24.0. The predicted octanol–water partition coefficient (Wildman–Crippen LogP) is 4.20. The summed E-state index contributed by atoms with van der Waals surface area (Å²) in [7, 11) is 0. The third-order valence-electron chi connectivity index (χ3n) is 5.32. The summed E-state index contributed by atoms with van der Waals surface area (Å²) in [4.78, 5) is 28.1. The molecule has 0 atom stereocenters. The van der Waals surface area contributed by atoms with Crippen molar-refractivity contribution in [2.45, 2.75) is 13.1 Å². The van der Waals surface area contributed by atoms with Gasteiger partial charge in [0.15, 0.2) is 5.78 Å². The zero-order valence-electron chi connectivity index (χ0n) is 18.1. The molecule has 1 fully saturated rings. The Labute approximate surface area is 195 Å². The lowest BCUT2D eigenvalue weighted by molar-refractivity contribution is -0.137. The van der Waals surface area contributed by atoms with E-state index in [0.717, 1.165) is 25.2 Å². The summed E-state index contributed by atoms with van der Waals surface area (Å²) in [5.74, 6) is 0.130. The van der Waals surface area contributed by atoms with Crippen LogP contribution in [0.4, 0.5) is 18.9 Å². The van der Waals surface area contributed by atoms with Gasteiger partial charge in [-0.15, -0.1) is 0 Å². The molecule has 1 saturated heterocycles. The Balaban J connectivity index is 1.42. The van der Waals surface area contributed by atoms with Gasteiger partial charge in [-0.25, -0.2) is 0 Å². The number of ether oxygens (including phenoxy) is 1. The lowest BCUT2D eigenvalue weighted by Gasteiger charge is -2.34. The second-order valence-corrected chi connectivity index (χ2v) is 8.17. The summed E-state index contributed by atoms with van der Waals surface area (Å²) in [6, 6.07) is 10.4. The van der Waals surface area contributed by atoms with E-state index in [1.165, 1.54) is 13.0 Å². The molecule has 0 bridgehead atoms. The Bertz CT molecular complexity index is 992. The predicted molar refractivity (Wildman–Crippen MR) is 120 cm³/mol. The average Bonchev–Trinajstić information content (AvgIpc) is 2.76. The number of hydrogen-bond donors (Lipinski definition) is 1. The van der Waals surface area contributed by atoms with Crippen molar-refractivity contribution in [3.8, 4) is 5.75 Å². The Hall–Kier alpha value is -2.62. The van der Waals surface area contributed by atoms with Crippen LogP contribution in [0.2, 0.25) is 5.02 Å². The highest BCUT2D eigenvalue weighted by molar-refractivity contribution is 6.31. The molecule has 2 aromatic rings. The summed E-state index contributed by atoms with van der Waals surface area (Å²) in [5, 5.41) is 2.09. The first-order chi connectivity index (χ1) is 15.6. The van der Waals surface area contributed by atoms with Crippen molar-refractivity contribution in [1.29, 1.82) is 0 Å². The molecule has 0 aliphatic carbocycles. The van der Waals surface area contributed by atoms with Crippen LogP contribution in [0.5, 0.6) is 5.75 Å². The van der Waals surface area contributed by atoms with Gasteiger partial charge >= 0.3 is 6.18 Å². The molecule has 1 aliphatic heterocycles. The summed E-state index contributed by atoms with van der Waals surface area (Å²) < 4.78 is 44.7.